The van der Waals surface area contributed by atoms with Crippen molar-refractivity contribution >= 4 is 23.1 Å². The van der Waals surface area contributed by atoms with Gasteiger partial charge in [-0.25, -0.2) is 4.79 Å². The SMILES string of the molecule is O=c1nc(Nc2ccccc2Cl)c2c([nH]1)CNCC2. The molecular formula is C13H13ClN4O. The van der Waals surface area contributed by atoms with E-state index in [1.165, 1.54) is 0 Å². The highest BCUT2D eigenvalue weighted by atomic mass is 35.5. The molecule has 0 radical (unpaired) electrons. The van der Waals surface area contributed by atoms with Crippen molar-refractivity contribution in [2.75, 3.05) is 11.9 Å². The van der Waals surface area contributed by atoms with E-state index in [9.17, 15) is 4.79 Å². The number of nitrogens with zero attached hydrogens (tertiary/aromatic N) is 1. The second kappa shape index (κ2) is 5.03. The van der Waals surface area contributed by atoms with Crippen molar-refractivity contribution in [2.24, 2.45) is 0 Å². The van der Waals surface area contributed by atoms with Gasteiger partial charge in [-0.2, -0.15) is 4.98 Å². The summed E-state index contributed by atoms with van der Waals surface area (Å²) in [5.74, 6) is 0.591. The van der Waals surface area contributed by atoms with E-state index in [0.29, 0.717) is 17.4 Å². The molecule has 3 N–H and O–H groups in total. The van der Waals surface area contributed by atoms with Gasteiger partial charge in [0.15, 0.2) is 0 Å². The Labute approximate surface area is 115 Å². The summed E-state index contributed by atoms with van der Waals surface area (Å²) in [5.41, 5.74) is 2.33. The van der Waals surface area contributed by atoms with Gasteiger partial charge in [0.25, 0.3) is 0 Å². The van der Waals surface area contributed by atoms with E-state index >= 15 is 0 Å². The first-order chi connectivity index (χ1) is 9.24. The van der Waals surface area contributed by atoms with Crippen LogP contribution in [0.3, 0.4) is 0 Å². The van der Waals surface area contributed by atoms with E-state index < -0.39 is 0 Å². The smallest absolute Gasteiger partial charge is 0.339 e. The minimum absolute atomic E-state index is 0.350. The lowest BCUT2D eigenvalue weighted by Crippen LogP contribution is -2.29. The molecule has 1 aromatic carbocycles. The van der Waals surface area contributed by atoms with Crippen molar-refractivity contribution in [3.8, 4) is 0 Å². The van der Waals surface area contributed by atoms with Crippen LogP contribution in [0.2, 0.25) is 5.02 Å². The van der Waals surface area contributed by atoms with Crippen molar-refractivity contribution in [3.05, 3.63) is 51.0 Å². The molecule has 1 aromatic heterocycles. The highest BCUT2D eigenvalue weighted by Crippen LogP contribution is 2.26. The van der Waals surface area contributed by atoms with E-state index in [4.69, 9.17) is 11.6 Å². The number of fused-ring (bicyclic) bond motifs is 1. The Hall–Kier alpha value is -1.85. The lowest BCUT2D eigenvalue weighted by atomic mass is 10.1. The first-order valence-electron chi connectivity index (χ1n) is 6.08. The number of nitrogens with one attached hydrogen (secondary N) is 3. The molecule has 0 spiro atoms. The molecule has 1 aliphatic heterocycles. The van der Waals surface area contributed by atoms with Crippen molar-refractivity contribution < 1.29 is 0 Å². The van der Waals surface area contributed by atoms with Crippen molar-refractivity contribution in [1.82, 2.24) is 15.3 Å². The predicted octanol–water partition coefficient (Wildman–Crippen LogP) is 1.81. The topological polar surface area (TPSA) is 69.8 Å². The van der Waals surface area contributed by atoms with Gasteiger partial charge in [0, 0.05) is 17.8 Å². The van der Waals surface area contributed by atoms with Crippen LogP contribution in [0.25, 0.3) is 0 Å². The zero-order valence-corrected chi connectivity index (χ0v) is 10.9. The van der Waals surface area contributed by atoms with Gasteiger partial charge < -0.3 is 15.6 Å². The molecule has 0 bridgehead atoms. The van der Waals surface area contributed by atoms with Gasteiger partial charge in [0.05, 0.1) is 10.7 Å². The third-order valence-corrected chi connectivity index (χ3v) is 3.43. The summed E-state index contributed by atoms with van der Waals surface area (Å²) in [4.78, 5) is 18.4. The Bertz CT molecular complexity index is 668. The lowest BCUT2D eigenvalue weighted by Gasteiger charge is -2.19. The van der Waals surface area contributed by atoms with Gasteiger partial charge in [0.2, 0.25) is 0 Å². The van der Waals surface area contributed by atoms with Gasteiger partial charge in [-0.05, 0) is 25.1 Å². The monoisotopic (exact) mass is 276 g/mol. The Kier molecular flexibility index (Phi) is 3.23. The van der Waals surface area contributed by atoms with Crippen LogP contribution in [0.15, 0.2) is 29.1 Å². The Balaban J connectivity index is 2.03. The van der Waals surface area contributed by atoms with Crippen LogP contribution in [0.1, 0.15) is 11.3 Å². The zero-order chi connectivity index (χ0) is 13.2. The number of para-hydroxylation sites is 1. The Morgan fingerprint density at radius 3 is 3.00 bits per heavy atom. The molecule has 6 heteroatoms. The normalized spacial score (nSPS) is 13.9. The summed E-state index contributed by atoms with van der Waals surface area (Å²) in [6.45, 7) is 1.53. The molecule has 0 saturated carbocycles. The van der Waals surface area contributed by atoms with Crippen LogP contribution < -0.4 is 16.3 Å². The maximum Gasteiger partial charge on any atom is 0.347 e. The number of H-pyrrole nitrogens is 1. The molecule has 0 fully saturated rings. The van der Waals surface area contributed by atoms with Crippen LogP contribution in [0, 0.1) is 0 Å². The van der Waals surface area contributed by atoms with E-state index in [0.717, 1.165) is 29.9 Å². The molecule has 2 heterocycles. The Morgan fingerprint density at radius 2 is 2.16 bits per heavy atom. The average molecular weight is 277 g/mol. The summed E-state index contributed by atoms with van der Waals surface area (Å²) < 4.78 is 0. The number of aromatic amines is 1. The van der Waals surface area contributed by atoms with Gasteiger partial charge in [-0.3, -0.25) is 0 Å². The third-order valence-electron chi connectivity index (χ3n) is 3.10. The van der Waals surface area contributed by atoms with Crippen LogP contribution in [0.5, 0.6) is 0 Å². The quantitative estimate of drug-likeness (QED) is 0.782. The fraction of sp³-hybridized carbons (Fsp3) is 0.231. The molecular weight excluding hydrogens is 264 g/mol. The number of rotatable bonds is 2. The van der Waals surface area contributed by atoms with Gasteiger partial charge in [-0.15, -0.1) is 0 Å². The predicted molar refractivity (Wildman–Crippen MR) is 75.0 cm³/mol. The van der Waals surface area contributed by atoms with E-state index in [1.807, 2.05) is 18.2 Å². The third kappa shape index (κ3) is 2.47. The molecule has 0 unspecified atom stereocenters. The average Bonchev–Trinajstić information content (AvgIpc) is 2.41. The molecule has 0 aliphatic carbocycles. The summed E-state index contributed by atoms with van der Waals surface area (Å²) in [5, 5.41) is 6.97. The van der Waals surface area contributed by atoms with E-state index in [1.54, 1.807) is 6.07 Å². The highest BCUT2D eigenvalue weighted by Gasteiger charge is 2.16. The minimum Gasteiger partial charge on any atom is -0.339 e. The number of hydrogen-bond donors (Lipinski definition) is 3. The maximum atomic E-state index is 11.6. The molecule has 19 heavy (non-hydrogen) atoms. The zero-order valence-electron chi connectivity index (χ0n) is 10.2. The second-order valence-corrected chi connectivity index (χ2v) is 4.79. The van der Waals surface area contributed by atoms with Gasteiger partial charge in [0.1, 0.15) is 5.82 Å². The molecule has 1 aliphatic rings. The molecule has 0 saturated heterocycles. The first-order valence-corrected chi connectivity index (χ1v) is 6.46. The summed E-state index contributed by atoms with van der Waals surface area (Å²) in [7, 11) is 0. The van der Waals surface area contributed by atoms with Crippen LogP contribution >= 0.6 is 11.6 Å². The molecule has 3 rings (SSSR count). The second-order valence-electron chi connectivity index (χ2n) is 4.38. The summed E-state index contributed by atoms with van der Waals surface area (Å²) >= 11 is 6.11. The summed E-state index contributed by atoms with van der Waals surface area (Å²) in [6, 6.07) is 7.40. The van der Waals surface area contributed by atoms with Crippen LogP contribution in [0.4, 0.5) is 11.5 Å². The molecule has 5 nitrogen and oxygen atoms in total. The summed E-state index contributed by atoms with van der Waals surface area (Å²) in [6.07, 6.45) is 0.825. The highest BCUT2D eigenvalue weighted by molar-refractivity contribution is 6.33. The number of benzene rings is 1. The minimum atomic E-state index is -0.350. The van der Waals surface area contributed by atoms with Crippen molar-refractivity contribution in [1.29, 1.82) is 0 Å². The van der Waals surface area contributed by atoms with E-state index in [2.05, 4.69) is 20.6 Å². The number of halogens is 1. The maximum absolute atomic E-state index is 11.6. The lowest BCUT2D eigenvalue weighted by molar-refractivity contribution is 0.621. The molecule has 0 atom stereocenters. The van der Waals surface area contributed by atoms with Crippen molar-refractivity contribution in [3.63, 3.8) is 0 Å². The molecule has 0 amide bonds. The van der Waals surface area contributed by atoms with Crippen LogP contribution in [-0.2, 0) is 13.0 Å². The standard InChI is InChI=1S/C13H13ClN4O/c14-9-3-1-2-4-10(9)16-12-8-5-6-15-7-11(8)17-13(19)18-12/h1-4,15H,5-7H2,(H2,16,17,18,19). The molecule has 2 aromatic rings. The first kappa shape index (κ1) is 12.2. The van der Waals surface area contributed by atoms with Gasteiger partial charge in [-0.1, -0.05) is 23.7 Å². The van der Waals surface area contributed by atoms with Crippen LogP contribution in [-0.4, -0.2) is 16.5 Å². The number of anilines is 2. The fourth-order valence-electron chi connectivity index (χ4n) is 2.18. The van der Waals surface area contributed by atoms with Crippen molar-refractivity contribution in [2.45, 2.75) is 13.0 Å². The number of hydrogen-bond acceptors (Lipinski definition) is 4. The largest absolute Gasteiger partial charge is 0.347 e. The van der Waals surface area contributed by atoms with E-state index in [-0.39, 0.29) is 5.69 Å². The Morgan fingerprint density at radius 1 is 1.32 bits per heavy atom. The fourth-order valence-corrected chi connectivity index (χ4v) is 2.37. The number of aromatic nitrogens is 2. The molecule has 98 valence electrons. The van der Waals surface area contributed by atoms with Gasteiger partial charge >= 0.3 is 5.69 Å².